The summed E-state index contributed by atoms with van der Waals surface area (Å²) in [5.41, 5.74) is -2.20. The Morgan fingerprint density at radius 1 is 0.538 bits per heavy atom. The number of allylic oxidation sites excluding steroid dienone is 1. The van der Waals surface area contributed by atoms with E-state index >= 15 is 28.8 Å². The van der Waals surface area contributed by atoms with Crippen LogP contribution in [0.5, 0.6) is 11.5 Å². The van der Waals surface area contributed by atoms with Gasteiger partial charge in [-0.1, -0.05) is 168 Å². The van der Waals surface area contributed by atoms with Crippen LogP contribution in [0.25, 0.3) is 21.5 Å². The van der Waals surface area contributed by atoms with Gasteiger partial charge in [-0.25, -0.2) is 22.7 Å². The second-order valence-electron chi connectivity index (χ2n) is 40.4. The Kier molecular flexibility index (Phi) is 31.6. The smallest absolute Gasteiger partial charge is 0.410 e. The van der Waals surface area contributed by atoms with Crippen LogP contribution in [-0.2, 0) is 104 Å². The monoisotopic (exact) mass is 1840 g/mol. The number of nitrogens with zero attached hydrogens (tertiary/aromatic N) is 7. The summed E-state index contributed by atoms with van der Waals surface area (Å²) in [7, 11) is -1.40. The third-order valence-electron chi connectivity index (χ3n) is 23.9. The highest BCUT2D eigenvalue weighted by atomic mass is 32.2. The number of fused-ring (bicyclic) bond motifs is 2. The number of nitrogens with one attached hydrogen (secondary N) is 6. The zero-order chi connectivity index (χ0) is 96.4. The van der Waals surface area contributed by atoms with Crippen LogP contribution in [-0.4, -0.2) is 224 Å². The molecule has 10 amide bonds. The fourth-order valence-corrected chi connectivity index (χ4v) is 17.5. The number of esters is 1. The van der Waals surface area contributed by atoms with Gasteiger partial charge in [0.1, 0.15) is 95.5 Å². The van der Waals surface area contributed by atoms with Crippen molar-refractivity contribution in [2.75, 3.05) is 33.8 Å². The molecule has 0 unspecified atom stereocenters. The fourth-order valence-electron chi connectivity index (χ4n) is 16.1. The van der Waals surface area contributed by atoms with E-state index in [1.807, 2.05) is 84.9 Å². The molecular formula is C99H129N13O19S. The summed E-state index contributed by atoms with van der Waals surface area (Å²) in [5.74, 6) is -8.05. The third kappa shape index (κ3) is 27.2. The molecule has 7 aromatic rings. The lowest BCUT2D eigenvalue weighted by Crippen LogP contribution is -2.61. The van der Waals surface area contributed by atoms with Crippen molar-refractivity contribution in [2.24, 2.45) is 22.7 Å². The predicted octanol–water partition coefficient (Wildman–Crippen LogP) is 10.7. The number of likely N-dealkylation sites (N-methyl/N-ethyl adjacent to an activating group) is 2. The van der Waals surface area contributed by atoms with Crippen molar-refractivity contribution in [1.29, 1.82) is 0 Å². The summed E-state index contributed by atoms with van der Waals surface area (Å²) in [5, 5.41) is 26.2. The third-order valence-corrected chi connectivity index (χ3v) is 25.7. The second-order valence-corrected chi connectivity index (χ2v) is 42.4. The molecule has 1 saturated carbocycles. The summed E-state index contributed by atoms with van der Waals surface area (Å²) in [4.78, 5) is 184. The van der Waals surface area contributed by atoms with E-state index in [0.717, 1.165) is 31.3 Å². The van der Waals surface area contributed by atoms with E-state index in [-0.39, 0.29) is 64.8 Å². The molecule has 6 N–H and O–H groups in total. The number of rotatable bonds is 16. The summed E-state index contributed by atoms with van der Waals surface area (Å²) < 4.78 is 60.8. The van der Waals surface area contributed by atoms with Crippen molar-refractivity contribution < 1.29 is 89.6 Å². The molecule has 7 heterocycles. The van der Waals surface area contributed by atoms with Gasteiger partial charge in [0.2, 0.25) is 51.4 Å². The van der Waals surface area contributed by atoms with E-state index in [9.17, 15) is 37.2 Å². The minimum Gasteiger partial charge on any atom is -0.490 e. The van der Waals surface area contributed by atoms with Crippen LogP contribution in [0.4, 0.5) is 9.59 Å². The molecule has 0 spiro atoms. The van der Waals surface area contributed by atoms with E-state index in [1.54, 1.807) is 171 Å². The first-order valence-electron chi connectivity index (χ1n) is 45.1. The Morgan fingerprint density at radius 3 is 1.51 bits per heavy atom. The van der Waals surface area contributed by atoms with Crippen LogP contribution < -0.4 is 40.8 Å². The average Bonchev–Trinajstić information content (AvgIpc) is 1.62. The number of amides is 10. The van der Waals surface area contributed by atoms with Crippen LogP contribution in [0.15, 0.2) is 152 Å². The summed E-state index contributed by atoms with van der Waals surface area (Å²) in [6, 6.07) is 27.1. The van der Waals surface area contributed by atoms with Crippen LogP contribution in [0, 0.1) is 22.7 Å². The number of likely N-dealkylation sites (tertiary alicyclic amines) is 2. The van der Waals surface area contributed by atoms with Crippen molar-refractivity contribution in [3.8, 4) is 11.5 Å². The predicted molar refractivity (Wildman–Crippen MR) is 496 cm³/mol. The maximum Gasteiger partial charge on any atom is 0.410 e. The number of sulfonamides is 1. The summed E-state index contributed by atoms with van der Waals surface area (Å²) in [6.07, 6.45) is 3.67. The van der Waals surface area contributed by atoms with E-state index in [2.05, 4.69) is 41.6 Å². The molecule has 1 aromatic heterocycles. The van der Waals surface area contributed by atoms with Crippen LogP contribution in [0.1, 0.15) is 190 Å². The zero-order valence-corrected chi connectivity index (χ0v) is 80.0. The van der Waals surface area contributed by atoms with Gasteiger partial charge in [-0.2, -0.15) is 0 Å². The molecule has 6 aliphatic heterocycles. The first-order chi connectivity index (χ1) is 61.8. The van der Waals surface area contributed by atoms with Crippen LogP contribution in [0.2, 0.25) is 0 Å². The zero-order valence-electron chi connectivity index (χ0n) is 79.1. The summed E-state index contributed by atoms with van der Waals surface area (Å²) >= 11 is 0. The highest BCUT2D eigenvalue weighted by molar-refractivity contribution is 7.91. The van der Waals surface area contributed by atoms with Gasteiger partial charge in [0.05, 0.1) is 29.4 Å². The Hall–Kier alpha value is -12.3. The molecule has 14 rings (SSSR count). The number of carbonyl (C=O) groups is 12. The van der Waals surface area contributed by atoms with E-state index in [1.165, 1.54) is 42.4 Å². The molecule has 10 bridgehead atoms. The van der Waals surface area contributed by atoms with Gasteiger partial charge in [0.15, 0.2) is 5.78 Å². The highest BCUT2D eigenvalue weighted by Gasteiger charge is 2.50. The highest BCUT2D eigenvalue weighted by Crippen LogP contribution is 2.36. The van der Waals surface area contributed by atoms with Gasteiger partial charge < -0.3 is 60.1 Å². The number of Topliss-reactive ketones (excluding diaryl/α,β-unsaturated/α-hetero) is 1. The lowest BCUT2D eigenvalue weighted by atomic mass is 9.85. The van der Waals surface area contributed by atoms with Gasteiger partial charge in [-0.3, -0.25) is 62.5 Å². The maximum atomic E-state index is 15.8. The topological polar surface area (TPSA) is 401 Å². The van der Waals surface area contributed by atoms with E-state index in [4.69, 9.17) is 23.7 Å². The molecule has 6 aromatic carbocycles. The molecule has 710 valence electrons. The minimum atomic E-state index is -4.22. The van der Waals surface area contributed by atoms with Crippen molar-refractivity contribution in [2.45, 2.75) is 271 Å². The van der Waals surface area contributed by atoms with Crippen molar-refractivity contribution >= 4 is 103 Å². The number of carbonyl (C=O) groups excluding carboxylic acids is 12. The molecule has 7 aliphatic rings. The Morgan fingerprint density at radius 2 is 1.01 bits per heavy atom. The Labute approximate surface area is 772 Å². The Balaban J connectivity index is 0.952. The molecule has 2 saturated heterocycles. The number of hydrogen-bond acceptors (Lipinski definition) is 21. The lowest BCUT2D eigenvalue weighted by molar-refractivity contribution is -0.161. The first kappa shape index (κ1) is 100. The number of ketones is 1. The number of benzene rings is 6. The number of hydrogen-bond donors (Lipinski definition) is 6. The average molecular weight is 1840 g/mol. The SMILES string of the molecule is C[C@@H](C(=O)N[C@H](C(=O)N1C[C@@H]2C[C@H]1C(=O)N[C@@H](Cc1ccc3ccccc3c1)C(=O)C[C@H](C(=O)OC(C)(C)C)Cc1ccc(cc1)OC/C=C/C[C@H]1C[C@@H](C(=O)N[C@@H](Cc3ccc4ccccc4c3)C(=O)N[C@H](C(=O)NS(=O)(=O)C3CC3)Cc3ccc(cc3)OCc3cn2nn3)N(C(=O)[C@@H](NC(=O)[C@H](C)N(C)C(=O)OC(C)(C)C)C(C)(C)C)C1)C(C)(C)C)N(C)C(=O)OC(C)(C)C. The molecule has 3 fully saturated rings. The van der Waals surface area contributed by atoms with Gasteiger partial charge in [0.25, 0.3) is 5.91 Å². The summed E-state index contributed by atoms with van der Waals surface area (Å²) in [6.45, 7) is 28.5. The molecule has 32 nitrogen and oxygen atoms in total. The molecule has 12 atom stereocenters. The Bertz CT molecular complexity index is 5550. The van der Waals surface area contributed by atoms with Gasteiger partial charge >= 0.3 is 18.2 Å². The van der Waals surface area contributed by atoms with Gasteiger partial charge in [-0.05, 0) is 199 Å². The van der Waals surface area contributed by atoms with Crippen molar-refractivity contribution in [1.82, 2.24) is 65.9 Å². The number of ether oxygens (including phenoxy) is 5. The van der Waals surface area contributed by atoms with Crippen LogP contribution >= 0.6 is 0 Å². The van der Waals surface area contributed by atoms with Gasteiger partial charge in [-0.15, -0.1) is 5.10 Å². The molecule has 0 radical (unpaired) electrons. The van der Waals surface area contributed by atoms with Gasteiger partial charge in [0, 0.05) is 52.9 Å². The number of aromatic nitrogens is 3. The maximum absolute atomic E-state index is 15.8. The van der Waals surface area contributed by atoms with Crippen LogP contribution in [0.3, 0.4) is 0 Å². The minimum absolute atomic E-state index is 0.00674. The molecule has 1 aliphatic carbocycles. The lowest BCUT2D eigenvalue weighted by Gasteiger charge is -2.37. The quantitative estimate of drug-likeness (QED) is 0.0297. The molecular weight excluding hydrogens is 1710 g/mol. The second kappa shape index (κ2) is 41.7. The normalized spacial score (nSPS) is 21.4. The first-order valence-corrected chi connectivity index (χ1v) is 46.7. The fraction of sp³-hybridized carbons (Fsp3) is 0.515. The molecule has 132 heavy (non-hydrogen) atoms. The van der Waals surface area contributed by atoms with Crippen molar-refractivity contribution in [3.63, 3.8) is 0 Å². The van der Waals surface area contributed by atoms with E-state index in [0.29, 0.717) is 58.7 Å². The standard InChI is InChI=1S/C99H129N13O19S/c1-59(108(18)93(123)130-98(12,13)14)84(114)103-82(95(3,4)5)90(120)110-55-65-26-24-25-45-127-73-39-33-61(34-40-73)46-70(92(122)129-97(9,10)11)53-81(113)76(50-63-31-37-66-27-20-22-29-68(66)47-63)100-89(119)80-54-72(57-111(80)91(121)83(96(6,7)8)104-85(115)60(2)109(19)94(124)131-99(15,16)17)112-56-71(105-107-112)58-128-74-41-35-62(36-42-74)49-78(87(117)106-132(125,126)75-43-44-75)101-86(116)77(102-88(118)79(110)52-65)51-64-32-38-67-28-21-23-30-69(67)48-64/h20-25,27-42,47-48,56,59-60,65,70,72,75-80,82-83H,26,43-46,49-55,57-58H2,1-19H3,(H,100,119)(H,101,116)(H,102,118)(H,103,114)(H,104,115)(H,106,117)/b25-24+/t59-,60-,65-,70+,72-,76-,77-,78-,79-,80-,82+,83+/m0/s1. The molecule has 33 heteroatoms. The largest absolute Gasteiger partial charge is 0.490 e. The van der Waals surface area contributed by atoms with E-state index < -0.39 is 193 Å². The van der Waals surface area contributed by atoms with Crippen molar-refractivity contribution in [3.05, 3.63) is 180 Å².